The number of hydrogen-bond donors (Lipinski definition) is 3. The molecule has 4 saturated carbocycles. The van der Waals surface area contributed by atoms with Gasteiger partial charge in [-0.05, 0) is 82.8 Å². The number of rotatable bonds is 6. The van der Waals surface area contributed by atoms with Crippen LogP contribution >= 0.6 is 0 Å². The van der Waals surface area contributed by atoms with Crippen molar-refractivity contribution >= 4 is 45.7 Å². The minimum absolute atomic E-state index is 0.0174. The van der Waals surface area contributed by atoms with E-state index in [0.717, 1.165) is 57.8 Å². The average molecular weight is 776 g/mol. The highest BCUT2D eigenvalue weighted by molar-refractivity contribution is 7.80. The number of esters is 1. The zero-order valence-corrected chi connectivity index (χ0v) is 32.1. The molecule has 14 heteroatoms. The summed E-state index contributed by atoms with van der Waals surface area (Å²) >= 11 is -1.76. The molecular formula is C41H51N4O9S-. The highest BCUT2D eigenvalue weighted by atomic mass is 32.2. The van der Waals surface area contributed by atoms with Crippen LogP contribution in [-0.4, -0.2) is 77.4 Å². The van der Waals surface area contributed by atoms with Crippen LogP contribution in [0.1, 0.15) is 89.5 Å². The molecule has 296 valence electrons. The third kappa shape index (κ3) is 8.30. The minimum atomic E-state index is -1.76. The monoisotopic (exact) mass is 775 g/mol. The molecule has 3 amide bonds. The number of aromatic nitrogens is 1. The summed E-state index contributed by atoms with van der Waals surface area (Å²) in [6.45, 7) is 5.80. The fourth-order valence-corrected chi connectivity index (χ4v) is 9.32. The van der Waals surface area contributed by atoms with Crippen molar-refractivity contribution in [2.45, 2.75) is 119 Å². The number of amides is 3. The van der Waals surface area contributed by atoms with E-state index >= 15 is 0 Å². The van der Waals surface area contributed by atoms with E-state index in [1.807, 2.05) is 31.2 Å². The molecule has 2 bridgehead atoms. The summed E-state index contributed by atoms with van der Waals surface area (Å²) in [5.74, 6) is -2.31. The van der Waals surface area contributed by atoms with Gasteiger partial charge >= 0.3 is 5.97 Å². The average Bonchev–Trinajstić information content (AvgIpc) is 4.11. The Labute approximate surface area is 323 Å². The molecule has 0 radical (unpaired) electrons. The molecule has 4 N–H and O–H groups in total. The summed E-state index contributed by atoms with van der Waals surface area (Å²) in [7, 11) is 0. The number of carbonyl (C=O) groups excluding carboxylic acids is 4. The zero-order chi connectivity index (χ0) is 39.1. The molecule has 6 aliphatic rings. The normalized spacial score (nSPS) is 33.3. The van der Waals surface area contributed by atoms with Crippen LogP contribution in [0.2, 0.25) is 0 Å². The second kappa shape index (κ2) is 15.7. The number of nitrogens with zero attached hydrogens (tertiary/aromatic N) is 1. The van der Waals surface area contributed by atoms with Crippen molar-refractivity contribution in [1.82, 2.24) is 15.2 Å². The quantitative estimate of drug-likeness (QED) is 0.221. The summed E-state index contributed by atoms with van der Waals surface area (Å²) < 4.78 is 32.1. The second-order valence-electron chi connectivity index (χ2n) is 16.4. The first kappa shape index (κ1) is 39.0. The predicted octanol–water partition coefficient (Wildman–Crippen LogP) is 3.86. The van der Waals surface area contributed by atoms with Crippen molar-refractivity contribution in [2.75, 3.05) is 6.54 Å². The number of allylic oxidation sites excluding steroid dienone is 2. The Morgan fingerprint density at radius 2 is 1.84 bits per heavy atom. The molecule has 1 aromatic heterocycles. The molecule has 4 aliphatic carbocycles. The maximum absolute atomic E-state index is 14.6. The molecule has 1 saturated heterocycles. The third-order valence-corrected chi connectivity index (χ3v) is 13.5. The Hall–Kier alpha value is -4.30. The maximum atomic E-state index is 14.6. The Bertz CT molecular complexity index is 1970. The topological polar surface area (TPSA) is 201 Å². The molecule has 2 aromatic rings. The van der Waals surface area contributed by atoms with Gasteiger partial charge in [0.25, 0.3) is 0 Å². The number of H-pyrrole nitrogens is 1. The first-order valence-corrected chi connectivity index (χ1v) is 20.8. The molecule has 55 heavy (non-hydrogen) atoms. The van der Waals surface area contributed by atoms with Gasteiger partial charge in [-0.2, -0.15) is 0 Å². The van der Waals surface area contributed by atoms with Crippen LogP contribution in [0.5, 0.6) is 5.88 Å². The maximum Gasteiger partial charge on any atom is 0.307 e. The van der Waals surface area contributed by atoms with Gasteiger partial charge < -0.3 is 35.0 Å². The summed E-state index contributed by atoms with van der Waals surface area (Å²) in [5.41, 5.74) is 4.87. The van der Waals surface area contributed by atoms with Gasteiger partial charge in [-0.3, -0.25) is 28.2 Å². The van der Waals surface area contributed by atoms with Gasteiger partial charge in [-0.25, -0.2) is 0 Å². The molecule has 0 spiro atoms. The molecule has 3 heterocycles. The van der Waals surface area contributed by atoms with Crippen LogP contribution < -0.4 is 21.2 Å². The highest BCUT2D eigenvalue weighted by Crippen LogP contribution is 2.50. The third-order valence-electron chi connectivity index (χ3n) is 12.5. The van der Waals surface area contributed by atoms with Gasteiger partial charge in [0, 0.05) is 28.9 Å². The zero-order valence-electron chi connectivity index (χ0n) is 31.3. The van der Waals surface area contributed by atoms with Crippen LogP contribution in [0.25, 0.3) is 10.9 Å². The van der Waals surface area contributed by atoms with Crippen molar-refractivity contribution in [1.29, 1.82) is 0 Å². The van der Waals surface area contributed by atoms with Gasteiger partial charge in [0.2, 0.25) is 17.7 Å². The van der Waals surface area contributed by atoms with Gasteiger partial charge in [0.05, 0.1) is 30.0 Å². The van der Waals surface area contributed by atoms with E-state index in [0.29, 0.717) is 35.2 Å². The minimum Gasteiger partial charge on any atom is -0.772 e. The Kier molecular flexibility index (Phi) is 11.1. The molecule has 8 atom stereocenters. The lowest BCUT2D eigenvalue weighted by Crippen LogP contribution is -2.55. The number of primary amides is 1. The van der Waals surface area contributed by atoms with E-state index in [9.17, 15) is 32.7 Å². The van der Waals surface area contributed by atoms with Crippen LogP contribution in [0.15, 0.2) is 53.9 Å². The van der Waals surface area contributed by atoms with Crippen molar-refractivity contribution in [3.63, 3.8) is 0 Å². The van der Waals surface area contributed by atoms with E-state index in [-0.39, 0.29) is 53.7 Å². The van der Waals surface area contributed by atoms with Gasteiger partial charge in [-0.1, -0.05) is 54.3 Å². The van der Waals surface area contributed by atoms with Crippen LogP contribution in [0, 0.1) is 23.7 Å². The van der Waals surface area contributed by atoms with E-state index in [4.69, 9.17) is 15.2 Å². The van der Waals surface area contributed by atoms with Crippen LogP contribution in [0.3, 0.4) is 0 Å². The van der Waals surface area contributed by atoms with Crippen LogP contribution in [0.4, 0.5) is 0 Å². The largest absolute Gasteiger partial charge is 0.772 e. The fraction of sp³-hybridized carbons (Fsp3) is 0.585. The van der Waals surface area contributed by atoms with E-state index in [1.165, 1.54) is 4.90 Å². The van der Waals surface area contributed by atoms with E-state index < -0.39 is 58.1 Å². The lowest BCUT2D eigenvalue weighted by molar-refractivity contribution is -0.157. The fourth-order valence-electron chi connectivity index (χ4n) is 8.79. The Balaban J connectivity index is 0.000000708. The number of nitrogens with one attached hydrogen (secondary N) is 2. The molecule has 1 aromatic carbocycles. The van der Waals surface area contributed by atoms with Crippen molar-refractivity contribution in [3.05, 3.63) is 64.9 Å². The molecule has 13 nitrogen and oxygen atoms in total. The molecular weight excluding hydrogens is 725 g/mol. The van der Waals surface area contributed by atoms with Crippen molar-refractivity contribution < 1.29 is 37.4 Å². The smallest absolute Gasteiger partial charge is 0.307 e. The summed E-state index contributed by atoms with van der Waals surface area (Å²) in [4.78, 5) is 73.3. The number of hydrogen-bond acceptors (Lipinski definition) is 9. The molecule has 1 unspecified atom stereocenters. The first-order valence-electron chi connectivity index (χ1n) is 19.6. The standard InChI is InChI=1S/C38H46N4O7.C3H6O2S/c1-3-23-20-38(23,36(39)47)41-33(45)30-17-25-21-42(30)35(46)28(22-11-7-8-12-22)18-31(43)49-37(2)19-24(37)13-5-4-6-15-27-32(44)26-14-9-10-16-29(26)40-34(27)48-25;4-6(5)3-1-2-3/h3-4,6,9-10,14,16,22-25,28,30H,1,5,7-8,11-13,15,17-21H2,2H3,(H2,39,47)(H,40,44)(H,41,45);3H,1-2H2,(H,4,5)/p-1/b6-4+;/t23-,24-,25-,28+,30+,37-,38-;/m1./s1. The Morgan fingerprint density at radius 1 is 1.09 bits per heavy atom. The molecule has 2 aliphatic heterocycles. The van der Waals surface area contributed by atoms with E-state index in [1.54, 1.807) is 12.1 Å². The van der Waals surface area contributed by atoms with Gasteiger partial charge in [0.15, 0.2) is 11.3 Å². The SMILES string of the molecule is C=C[C@@H]1C[C@]1(NC(=O)[C@@H]1C[C@@H]2CN1C(=O)[C@H](C1CCCC1)CC(=O)O[C@]1(C)C[C@H]1CC/C=C/Cc1c([nH]c3ccccc3c1=O)O2)C(N)=O.O=S([O-])C1CC1. The highest BCUT2D eigenvalue weighted by Gasteiger charge is 2.60. The van der Waals surface area contributed by atoms with Gasteiger partial charge in [-0.15, -0.1) is 6.58 Å². The number of aromatic amines is 1. The first-order chi connectivity index (χ1) is 26.3. The summed E-state index contributed by atoms with van der Waals surface area (Å²) in [5, 5.41) is 3.43. The van der Waals surface area contributed by atoms with E-state index in [2.05, 4.69) is 23.0 Å². The van der Waals surface area contributed by atoms with Crippen molar-refractivity contribution in [2.24, 2.45) is 29.4 Å². The lowest BCUT2D eigenvalue weighted by Gasteiger charge is -2.31. The number of benzene rings is 1. The number of ether oxygens (including phenoxy) is 2. The van der Waals surface area contributed by atoms with Crippen LogP contribution in [-0.2, 0) is 41.4 Å². The molecule has 8 rings (SSSR count). The summed E-state index contributed by atoms with van der Waals surface area (Å²) in [6, 6.07) is 6.27. The molecule has 5 fully saturated rings. The number of carbonyl (C=O) groups is 4. The van der Waals surface area contributed by atoms with Crippen molar-refractivity contribution in [3.8, 4) is 5.88 Å². The number of nitrogens with two attached hydrogens (primary N) is 1. The van der Waals surface area contributed by atoms with Gasteiger partial charge in [0.1, 0.15) is 23.3 Å². The summed E-state index contributed by atoms with van der Waals surface area (Å²) in [6.07, 6.45) is 13.4. The number of pyridine rings is 1. The Morgan fingerprint density at radius 3 is 2.49 bits per heavy atom. The number of para-hydroxylation sites is 1. The number of fused-ring (bicyclic) bond motifs is 5. The second-order valence-corrected chi connectivity index (χ2v) is 17.6. The lowest BCUT2D eigenvalue weighted by atomic mass is 9.86. The predicted molar refractivity (Wildman–Crippen MR) is 204 cm³/mol.